The number of urea groups is 1. The second-order valence-electron chi connectivity index (χ2n) is 5.03. The number of benzene rings is 1. The Bertz CT molecular complexity index is 473. The number of rotatable bonds is 2. The maximum atomic E-state index is 12.0. The van der Waals surface area contributed by atoms with E-state index in [-0.39, 0.29) is 6.03 Å². The average Bonchev–Trinajstić information content (AvgIpc) is 2.38. The molecule has 1 heterocycles. The molecule has 2 amide bonds. The van der Waals surface area contributed by atoms with E-state index in [1.54, 1.807) is 6.20 Å². The van der Waals surface area contributed by atoms with Gasteiger partial charge in [-0.2, -0.15) is 0 Å². The standard InChI is InChI=1S/C15H19BrN2O/c1-12-4-3-9-18(11-12)15(19)17-8-7-13-5-2-6-14(16)10-13/h2,5-8,10,12H,3-4,9,11H2,1H3,(H,17,19)/b8-7+. The van der Waals surface area contributed by atoms with Gasteiger partial charge >= 0.3 is 6.03 Å². The van der Waals surface area contributed by atoms with Crippen molar-refractivity contribution in [3.63, 3.8) is 0 Å². The monoisotopic (exact) mass is 322 g/mol. The van der Waals surface area contributed by atoms with Crippen molar-refractivity contribution in [2.75, 3.05) is 13.1 Å². The highest BCUT2D eigenvalue weighted by Gasteiger charge is 2.19. The van der Waals surface area contributed by atoms with Crippen molar-refractivity contribution < 1.29 is 4.79 Å². The van der Waals surface area contributed by atoms with Gasteiger partial charge in [-0.3, -0.25) is 0 Å². The summed E-state index contributed by atoms with van der Waals surface area (Å²) < 4.78 is 1.03. The highest BCUT2D eigenvalue weighted by atomic mass is 79.9. The summed E-state index contributed by atoms with van der Waals surface area (Å²) in [7, 11) is 0. The summed E-state index contributed by atoms with van der Waals surface area (Å²) in [6, 6.07) is 7.95. The van der Waals surface area contributed by atoms with E-state index < -0.39 is 0 Å². The third-order valence-electron chi connectivity index (χ3n) is 3.28. The number of amides is 2. The molecule has 1 aromatic rings. The molecule has 1 aliphatic rings. The minimum Gasteiger partial charge on any atom is -0.324 e. The van der Waals surface area contributed by atoms with Crippen LogP contribution >= 0.6 is 15.9 Å². The molecule has 0 aliphatic carbocycles. The van der Waals surface area contributed by atoms with Crippen LogP contribution < -0.4 is 5.32 Å². The molecule has 2 rings (SSSR count). The van der Waals surface area contributed by atoms with Crippen molar-refractivity contribution >= 4 is 28.0 Å². The maximum absolute atomic E-state index is 12.0. The van der Waals surface area contributed by atoms with Gasteiger partial charge in [0.25, 0.3) is 0 Å². The smallest absolute Gasteiger partial charge is 0.321 e. The third kappa shape index (κ3) is 4.39. The Labute approximate surface area is 122 Å². The second kappa shape index (κ2) is 6.75. The zero-order valence-corrected chi connectivity index (χ0v) is 12.7. The fourth-order valence-corrected chi connectivity index (χ4v) is 2.70. The van der Waals surface area contributed by atoms with Gasteiger partial charge in [-0.1, -0.05) is 35.0 Å². The van der Waals surface area contributed by atoms with Crippen LogP contribution in [0, 0.1) is 5.92 Å². The van der Waals surface area contributed by atoms with Gasteiger partial charge in [-0.15, -0.1) is 0 Å². The molecule has 1 aliphatic heterocycles. The van der Waals surface area contributed by atoms with E-state index in [1.165, 1.54) is 6.42 Å². The van der Waals surface area contributed by atoms with Gasteiger partial charge in [0.1, 0.15) is 0 Å². The van der Waals surface area contributed by atoms with E-state index in [0.717, 1.165) is 29.5 Å². The minimum absolute atomic E-state index is 0.00204. The molecular formula is C15H19BrN2O. The van der Waals surface area contributed by atoms with E-state index in [2.05, 4.69) is 28.2 Å². The molecule has 102 valence electrons. The largest absolute Gasteiger partial charge is 0.324 e. The second-order valence-corrected chi connectivity index (χ2v) is 5.95. The van der Waals surface area contributed by atoms with Crippen molar-refractivity contribution in [3.8, 4) is 0 Å². The lowest BCUT2D eigenvalue weighted by atomic mass is 10.0. The lowest BCUT2D eigenvalue weighted by molar-refractivity contribution is 0.173. The summed E-state index contributed by atoms with van der Waals surface area (Å²) >= 11 is 3.42. The third-order valence-corrected chi connectivity index (χ3v) is 3.77. The molecular weight excluding hydrogens is 304 g/mol. The Morgan fingerprint density at radius 3 is 3.11 bits per heavy atom. The molecule has 1 atom stereocenters. The lowest BCUT2D eigenvalue weighted by Crippen LogP contribution is -2.43. The summed E-state index contributed by atoms with van der Waals surface area (Å²) in [5.41, 5.74) is 1.06. The van der Waals surface area contributed by atoms with E-state index in [0.29, 0.717) is 5.92 Å². The van der Waals surface area contributed by atoms with Gasteiger partial charge in [0.05, 0.1) is 0 Å². The predicted molar refractivity (Wildman–Crippen MR) is 81.7 cm³/mol. The number of hydrogen-bond donors (Lipinski definition) is 1. The predicted octanol–water partition coefficient (Wildman–Crippen LogP) is 3.86. The molecule has 0 bridgehead atoms. The molecule has 1 unspecified atom stereocenters. The molecule has 0 saturated carbocycles. The van der Waals surface area contributed by atoms with Crippen LogP contribution in [-0.2, 0) is 0 Å². The summed E-state index contributed by atoms with van der Waals surface area (Å²) in [6.45, 7) is 3.91. The SMILES string of the molecule is CC1CCCN(C(=O)N/C=C/c2cccc(Br)c2)C1. The van der Waals surface area contributed by atoms with Crippen molar-refractivity contribution in [2.24, 2.45) is 5.92 Å². The van der Waals surface area contributed by atoms with Gasteiger partial charge in [-0.25, -0.2) is 4.79 Å². The van der Waals surface area contributed by atoms with Crippen LogP contribution in [0.1, 0.15) is 25.3 Å². The Morgan fingerprint density at radius 2 is 2.37 bits per heavy atom. The summed E-state index contributed by atoms with van der Waals surface area (Å²) in [6.07, 6.45) is 5.93. The number of carbonyl (C=O) groups is 1. The van der Waals surface area contributed by atoms with Crippen LogP contribution in [-0.4, -0.2) is 24.0 Å². The highest BCUT2D eigenvalue weighted by Crippen LogP contribution is 2.15. The van der Waals surface area contributed by atoms with E-state index in [4.69, 9.17) is 0 Å². The van der Waals surface area contributed by atoms with Gasteiger partial charge in [0, 0.05) is 23.8 Å². The van der Waals surface area contributed by atoms with Crippen LogP contribution in [0.4, 0.5) is 4.79 Å². The molecule has 1 N–H and O–H groups in total. The Morgan fingerprint density at radius 1 is 1.53 bits per heavy atom. The Kier molecular flexibility index (Phi) is 5.02. The van der Waals surface area contributed by atoms with E-state index in [1.807, 2.05) is 35.2 Å². The van der Waals surface area contributed by atoms with Crippen LogP contribution in [0.3, 0.4) is 0 Å². The number of carbonyl (C=O) groups excluding carboxylic acids is 1. The van der Waals surface area contributed by atoms with Gasteiger partial charge in [0.2, 0.25) is 0 Å². The lowest BCUT2D eigenvalue weighted by Gasteiger charge is -2.30. The van der Waals surface area contributed by atoms with Crippen LogP contribution in [0.5, 0.6) is 0 Å². The number of hydrogen-bond acceptors (Lipinski definition) is 1. The van der Waals surface area contributed by atoms with Crippen molar-refractivity contribution in [1.29, 1.82) is 0 Å². The molecule has 1 saturated heterocycles. The molecule has 1 fully saturated rings. The number of nitrogens with zero attached hydrogens (tertiary/aromatic N) is 1. The molecule has 4 heteroatoms. The van der Waals surface area contributed by atoms with Crippen molar-refractivity contribution in [1.82, 2.24) is 10.2 Å². The number of halogens is 1. The first kappa shape index (κ1) is 14.1. The molecule has 0 spiro atoms. The summed E-state index contributed by atoms with van der Waals surface area (Å²) in [5, 5.41) is 2.83. The topological polar surface area (TPSA) is 32.3 Å². The average molecular weight is 323 g/mol. The van der Waals surface area contributed by atoms with E-state index in [9.17, 15) is 4.79 Å². The first-order valence-electron chi connectivity index (χ1n) is 6.63. The fraction of sp³-hybridized carbons (Fsp3) is 0.400. The normalized spacial score (nSPS) is 19.7. The Hall–Kier alpha value is -1.29. The fourth-order valence-electron chi connectivity index (χ4n) is 2.28. The van der Waals surface area contributed by atoms with Gasteiger partial charge in [0.15, 0.2) is 0 Å². The molecule has 0 aromatic heterocycles. The first-order chi connectivity index (χ1) is 9.15. The quantitative estimate of drug-likeness (QED) is 0.881. The maximum Gasteiger partial charge on any atom is 0.321 e. The van der Waals surface area contributed by atoms with Crippen molar-refractivity contribution in [3.05, 3.63) is 40.5 Å². The zero-order valence-electron chi connectivity index (χ0n) is 11.1. The van der Waals surface area contributed by atoms with Crippen molar-refractivity contribution in [2.45, 2.75) is 19.8 Å². The number of piperidine rings is 1. The summed E-state index contributed by atoms with van der Waals surface area (Å²) in [4.78, 5) is 13.8. The number of likely N-dealkylation sites (tertiary alicyclic amines) is 1. The van der Waals surface area contributed by atoms with Crippen LogP contribution in [0.15, 0.2) is 34.9 Å². The zero-order chi connectivity index (χ0) is 13.7. The van der Waals surface area contributed by atoms with Gasteiger partial charge in [-0.05, 0) is 42.5 Å². The number of nitrogens with one attached hydrogen (secondary N) is 1. The van der Waals surface area contributed by atoms with E-state index >= 15 is 0 Å². The Balaban J connectivity index is 1.86. The molecule has 19 heavy (non-hydrogen) atoms. The first-order valence-corrected chi connectivity index (χ1v) is 7.42. The van der Waals surface area contributed by atoms with Gasteiger partial charge < -0.3 is 10.2 Å². The van der Waals surface area contributed by atoms with Crippen LogP contribution in [0.25, 0.3) is 6.08 Å². The molecule has 1 aromatic carbocycles. The molecule has 3 nitrogen and oxygen atoms in total. The molecule has 0 radical (unpaired) electrons. The summed E-state index contributed by atoms with van der Waals surface area (Å²) in [5.74, 6) is 0.605. The minimum atomic E-state index is -0.00204. The van der Waals surface area contributed by atoms with Crippen LogP contribution in [0.2, 0.25) is 0 Å². The highest BCUT2D eigenvalue weighted by molar-refractivity contribution is 9.10.